The standard InChI is InChI=1S/C23H25Cl2FN4O4/c1-2-29-11-13-9-15(27-8-4-7-24)18-16(20(31)21(32)19(23(29)34)30(13)18)22(33)28-10-12-5-3-6-14(25)17(12)26/h3,5-6,13,15,27,32H,2,4,7-11H2,1H3,(H,28,33)/t13?,15-/m1/s1. The molecule has 34 heavy (non-hydrogen) atoms. The van der Waals surface area contributed by atoms with E-state index in [0.29, 0.717) is 44.0 Å². The van der Waals surface area contributed by atoms with E-state index in [0.717, 1.165) is 0 Å². The van der Waals surface area contributed by atoms with Crippen molar-refractivity contribution in [2.75, 3.05) is 25.5 Å². The highest BCUT2D eigenvalue weighted by atomic mass is 35.5. The first kappa shape index (κ1) is 24.5. The zero-order chi connectivity index (χ0) is 24.6. The topological polar surface area (TPSA) is 104 Å². The number of hydrogen-bond acceptors (Lipinski definition) is 5. The Morgan fingerprint density at radius 2 is 2.09 bits per heavy atom. The molecule has 8 nitrogen and oxygen atoms in total. The molecule has 182 valence electrons. The summed E-state index contributed by atoms with van der Waals surface area (Å²) in [5, 5.41) is 16.5. The van der Waals surface area contributed by atoms with E-state index >= 15 is 0 Å². The summed E-state index contributed by atoms with van der Waals surface area (Å²) in [6, 6.07) is 3.82. The molecule has 2 aromatic rings. The van der Waals surface area contributed by atoms with E-state index < -0.39 is 34.9 Å². The average Bonchev–Trinajstić information content (AvgIpc) is 3.16. The Bertz CT molecular complexity index is 1200. The molecular formula is C23H25Cl2FN4O4. The van der Waals surface area contributed by atoms with Gasteiger partial charge in [0.2, 0.25) is 5.43 Å². The number of likely N-dealkylation sites (N-methyl/N-ethyl adjacent to an activating group) is 1. The fourth-order valence-corrected chi connectivity index (χ4v) is 5.05. The van der Waals surface area contributed by atoms with Crippen molar-refractivity contribution < 1.29 is 19.1 Å². The van der Waals surface area contributed by atoms with Gasteiger partial charge in [0.15, 0.2) is 11.4 Å². The van der Waals surface area contributed by atoms with Gasteiger partial charge in [0, 0.05) is 31.1 Å². The number of carbonyl (C=O) groups is 2. The number of amides is 2. The molecule has 1 unspecified atom stereocenters. The highest BCUT2D eigenvalue weighted by molar-refractivity contribution is 6.30. The van der Waals surface area contributed by atoms with Crippen molar-refractivity contribution in [1.82, 2.24) is 20.1 Å². The second-order valence-corrected chi connectivity index (χ2v) is 9.12. The average molecular weight is 511 g/mol. The van der Waals surface area contributed by atoms with Crippen molar-refractivity contribution in [3.8, 4) is 5.75 Å². The fourth-order valence-electron chi connectivity index (χ4n) is 4.72. The maximum absolute atomic E-state index is 14.3. The number of nitrogens with zero attached hydrogens (tertiary/aromatic N) is 2. The lowest BCUT2D eigenvalue weighted by molar-refractivity contribution is 0.0675. The Hall–Kier alpha value is -2.62. The number of aromatic nitrogens is 1. The summed E-state index contributed by atoms with van der Waals surface area (Å²) in [7, 11) is 0. The Labute approximate surface area is 205 Å². The lowest BCUT2D eigenvalue weighted by atomic mass is 10.0. The highest BCUT2D eigenvalue weighted by Crippen LogP contribution is 2.42. The van der Waals surface area contributed by atoms with Gasteiger partial charge in [-0.05, 0) is 32.4 Å². The van der Waals surface area contributed by atoms with E-state index in [-0.39, 0.29) is 34.4 Å². The summed E-state index contributed by atoms with van der Waals surface area (Å²) in [4.78, 5) is 41.0. The number of nitrogens with one attached hydrogen (secondary N) is 2. The predicted octanol–water partition coefficient (Wildman–Crippen LogP) is 2.96. The fraction of sp³-hybridized carbons (Fsp3) is 0.435. The monoisotopic (exact) mass is 510 g/mol. The molecule has 3 heterocycles. The van der Waals surface area contributed by atoms with Gasteiger partial charge in [-0.15, -0.1) is 11.6 Å². The van der Waals surface area contributed by atoms with Crippen LogP contribution in [0.25, 0.3) is 0 Å². The van der Waals surface area contributed by atoms with Crippen LogP contribution in [0.1, 0.15) is 64.0 Å². The van der Waals surface area contributed by atoms with Crippen LogP contribution in [0.4, 0.5) is 4.39 Å². The lowest BCUT2D eigenvalue weighted by Gasteiger charge is -2.33. The van der Waals surface area contributed by atoms with Crippen LogP contribution in [0, 0.1) is 5.82 Å². The summed E-state index contributed by atoms with van der Waals surface area (Å²) in [5.41, 5.74) is -0.778. The van der Waals surface area contributed by atoms with Crippen LogP contribution >= 0.6 is 23.2 Å². The van der Waals surface area contributed by atoms with E-state index in [1.165, 1.54) is 12.1 Å². The highest BCUT2D eigenvalue weighted by Gasteiger charge is 2.44. The second-order valence-electron chi connectivity index (χ2n) is 8.33. The van der Waals surface area contributed by atoms with Gasteiger partial charge in [0.1, 0.15) is 11.4 Å². The SMILES string of the molecule is CCN1CC2C[C@@H](NCCCCl)c3c(C(=O)NCc4cccc(Cl)c4F)c(=O)c(O)c(n32)C1=O. The van der Waals surface area contributed by atoms with Gasteiger partial charge in [-0.3, -0.25) is 14.4 Å². The van der Waals surface area contributed by atoms with Crippen molar-refractivity contribution in [2.24, 2.45) is 0 Å². The minimum absolute atomic E-state index is 0.0813. The van der Waals surface area contributed by atoms with Gasteiger partial charge in [0.05, 0.1) is 22.8 Å². The normalized spacial score (nSPS) is 18.8. The smallest absolute Gasteiger partial charge is 0.274 e. The molecule has 4 rings (SSSR count). The predicted molar refractivity (Wildman–Crippen MR) is 126 cm³/mol. The molecule has 11 heteroatoms. The summed E-state index contributed by atoms with van der Waals surface area (Å²) >= 11 is 11.6. The van der Waals surface area contributed by atoms with E-state index in [4.69, 9.17) is 23.2 Å². The molecule has 0 saturated carbocycles. The van der Waals surface area contributed by atoms with E-state index in [1.54, 1.807) is 15.5 Å². The van der Waals surface area contributed by atoms with Crippen LogP contribution in [0.15, 0.2) is 23.0 Å². The van der Waals surface area contributed by atoms with Gasteiger partial charge >= 0.3 is 0 Å². The molecular weight excluding hydrogens is 486 g/mol. The van der Waals surface area contributed by atoms with Crippen LogP contribution in [0.3, 0.4) is 0 Å². The molecule has 0 radical (unpaired) electrons. The lowest BCUT2D eigenvalue weighted by Crippen LogP contribution is -2.44. The minimum Gasteiger partial charge on any atom is -0.503 e. The number of rotatable bonds is 8. The first-order valence-electron chi connectivity index (χ1n) is 11.1. The third-order valence-corrected chi connectivity index (χ3v) is 6.89. The Balaban J connectivity index is 1.77. The molecule has 0 bridgehead atoms. The van der Waals surface area contributed by atoms with Crippen LogP contribution in [-0.2, 0) is 6.54 Å². The molecule has 2 aliphatic rings. The summed E-state index contributed by atoms with van der Waals surface area (Å²) in [6.45, 7) is 3.00. The molecule has 0 fully saturated rings. The Morgan fingerprint density at radius 3 is 2.79 bits per heavy atom. The third kappa shape index (κ3) is 4.16. The van der Waals surface area contributed by atoms with E-state index in [2.05, 4.69) is 10.6 Å². The number of carbonyl (C=O) groups excluding carboxylic acids is 2. The molecule has 0 spiro atoms. The van der Waals surface area contributed by atoms with E-state index in [1.807, 2.05) is 6.92 Å². The van der Waals surface area contributed by atoms with Crippen LogP contribution in [0.2, 0.25) is 5.02 Å². The maximum Gasteiger partial charge on any atom is 0.274 e. The van der Waals surface area contributed by atoms with Crippen molar-refractivity contribution in [3.63, 3.8) is 0 Å². The molecule has 2 amide bonds. The van der Waals surface area contributed by atoms with Gasteiger partial charge in [0.25, 0.3) is 11.8 Å². The molecule has 0 aliphatic carbocycles. The molecule has 2 aliphatic heterocycles. The largest absolute Gasteiger partial charge is 0.503 e. The van der Waals surface area contributed by atoms with Crippen LogP contribution in [0.5, 0.6) is 5.75 Å². The summed E-state index contributed by atoms with van der Waals surface area (Å²) in [5.74, 6) is -2.19. The summed E-state index contributed by atoms with van der Waals surface area (Å²) < 4.78 is 15.9. The first-order chi connectivity index (χ1) is 16.3. The maximum atomic E-state index is 14.3. The van der Waals surface area contributed by atoms with Crippen molar-refractivity contribution in [3.05, 3.63) is 61.8 Å². The third-order valence-electron chi connectivity index (χ3n) is 6.33. The number of alkyl halides is 1. The Morgan fingerprint density at radius 1 is 1.32 bits per heavy atom. The Kier molecular flexibility index (Phi) is 7.16. The van der Waals surface area contributed by atoms with Crippen molar-refractivity contribution in [2.45, 2.75) is 38.4 Å². The first-order valence-corrected chi connectivity index (χ1v) is 12.0. The molecule has 2 atom stereocenters. The van der Waals surface area contributed by atoms with Gasteiger partial charge in [-0.1, -0.05) is 23.7 Å². The number of hydrogen-bond donors (Lipinski definition) is 3. The zero-order valence-electron chi connectivity index (χ0n) is 18.5. The van der Waals surface area contributed by atoms with Gasteiger partial charge < -0.3 is 25.2 Å². The number of benzene rings is 1. The van der Waals surface area contributed by atoms with Crippen LogP contribution < -0.4 is 16.1 Å². The molecule has 1 aromatic carbocycles. The van der Waals surface area contributed by atoms with Crippen molar-refractivity contribution in [1.29, 1.82) is 0 Å². The van der Waals surface area contributed by atoms with Crippen molar-refractivity contribution >= 4 is 35.0 Å². The van der Waals surface area contributed by atoms with Gasteiger partial charge in [-0.2, -0.15) is 0 Å². The molecule has 0 saturated heterocycles. The molecule has 3 N–H and O–H groups in total. The number of pyridine rings is 1. The second kappa shape index (κ2) is 9.93. The van der Waals surface area contributed by atoms with Crippen LogP contribution in [-0.4, -0.2) is 51.9 Å². The minimum atomic E-state index is -0.929. The van der Waals surface area contributed by atoms with E-state index in [9.17, 15) is 23.9 Å². The number of halogens is 3. The van der Waals surface area contributed by atoms with Gasteiger partial charge in [-0.25, -0.2) is 4.39 Å². The molecule has 1 aromatic heterocycles. The summed E-state index contributed by atoms with van der Waals surface area (Å²) in [6.07, 6.45) is 1.21. The quantitative estimate of drug-likeness (QED) is 0.374. The zero-order valence-corrected chi connectivity index (χ0v) is 20.0. The number of aromatic hydroxyl groups is 1.